The molecule has 174 valence electrons. The van der Waals surface area contributed by atoms with E-state index in [2.05, 4.69) is 6.92 Å². The third-order valence-corrected chi connectivity index (χ3v) is 7.91. The second kappa shape index (κ2) is 10.4. The van der Waals surface area contributed by atoms with Crippen molar-refractivity contribution < 1.29 is 17.6 Å². The standard InChI is InChI=1S/C28H34F4/c1-2-3-4-5-6-18-7-9-19(10-8-18)20-11-13-23-21(15-20)12-14-24(27(23)31)22-16-25(29)28(32)26(30)17-22/h12,14,16-20H,2-11,13,15H2,1H3. The molecule has 1 fully saturated rings. The normalized spacial score (nSPS) is 23.2. The summed E-state index contributed by atoms with van der Waals surface area (Å²) in [5.41, 5.74) is 1.87. The second-order valence-electron chi connectivity index (χ2n) is 9.95. The molecule has 1 atom stereocenters. The molecule has 0 nitrogen and oxygen atoms in total. The summed E-state index contributed by atoms with van der Waals surface area (Å²) in [6, 6.07) is 5.24. The number of fused-ring (bicyclic) bond motifs is 1. The highest BCUT2D eigenvalue weighted by Crippen LogP contribution is 2.42. The summed E-state index contributed by atoms with van der Waals surface area (Å²) in [7, 11) is 0. The van der Waals surface area contributed by atoms with Crippen molar-refractivity contribution in [2.24, 2.45) is 17.8 Å². The van der Waals surface area contributed by atoms with Crippen molar-refractivity contribution in [1.29, 1.82) is 0 Å². The first-order chi connectivity index (χ1) is 15.5. The highest BCUT2D eigenvalue weighted by Gasteiger charge is 2.31. The lowest BCUT2D eigenvalue weighted by atomic mass is 9.69. The Labute approximate surface area is 189 Å². The lowest BCUT2D eigenvalue weighted by Crippen LogP contribution is -2.27. The largest absolute Gasteiger partial charge is 0.206 e. The Morgan fingerprint density at radius 2 is 1.50 bits per heavy atom. The van der Waals surface area contributed by atoms with Crippen LogP contribution in [0.1, 0.15) is 82.3 Å². The van der Waals surface area contributed by atoms with Crippen LogP contribution in [0.15, 0.2) is 24.3 Å². The molecule has 0 aromatic heterocycles. The zero-order chi connectivity index (χ0) is 22.7. The summed E-state index contributed by atoms with van der Waals surface area (Å²) in [6.07, 6.45) is 14.5. The Balaban J connectivity index is 1.40. The number of hydrogen-bond acceptors (Lipinski definition) is 0. The van der Waals surface area contributed by atoms with Crippen LogP contribution in [0, 0.1) is 41.0 Å². The molecule has 2 aromatic rings. The van der Waals surface area contributed by atoms with Crippen molar-refractivity contribution in [2.75, 3.05) is 0 Å². The SMILES string of the molecule is CCCCCCC1CCC(C2CCc3c(ccc(-c4cc(F)c(F)c(F)c4)c3F)C2)CC1. The number of rotatable bonds is 7. The van der Waals surface area contributed by atoms with Crippen molar-refractivity contribution in [3.8, 4) is 11.1 Å². The maximum atomic E-state index is 15.3. The van der Waals surface area contributed by atoms with Crippen LogP contribution < -0.4 is 0 Å². The van der Waals surface area contributed by atoms with Crippen molar-refractivity contribution in [1.82, 2.24) is 0 Å². The number of benzene rings is 2. The van der Waals surface area contributed by atoms with Gasteiger partial charge in [-0.3, -0.25) is 0 Å². The fourth-order valence-electron chi connectivity index (χ4n) is 5.98. The smallest absolute Gasteiger partial charge is 0.194 e. The van der Waals surface area contributed by atoms with E-state index in [-0.39, 0.29) is 11.1 Å². The van der Waals surface area contributed by atoms with Gasteiger partial charge in [-0.05, 0) is 78.7 Å². The van der Waals surface area contributed by atoms with E-state index in [9.17, 15) is 13.2 Å². The maximum Gasteiger partial charge on any atom is 0.194 e. The van der Waals surface area contributed by atoms with Gasteiger partial charge in [0.05, 0.1) is 0 Å². The molecule has 0 spiro atoms. The van der Waals surface area contributed by atoms with E-state index in [1.54, 1.807) is 6.07 Å². The third-order valence-electron chi connectivity index (χ3n) is 7.91. The molecule has 0 N–H and O–H groups in total. The summed E-state index contributed by atoms with van der Waals surface area (Å²) < 4.78 is 55.8. The quantitative estimate of drug-likeness (QED) is 0.226. The molecule has 0 aliphatic heterocycles. The van der Waals surface area contributed by atoms with Gasteiger partial charge < -0.3 is 0 Å². The van der Waals surface area contributed by atoms with Gasteiger partial charge in [-0.25, -0.2) is 17.6 Å². The molecule has 1 saturated carbocycles. The van der Waals surface area contributed by atoms with E-state index in [1.165, 1.54) is 57.8 Å². The van der Waals surface area contributed by atoms with Gasteiger partial charge in [-0.2, -0.15) is 0 Å². The van der Waals surface area contributed by atoms with Crippen molar-refractivity contribution in [3.63, 3.8) is 0 Å². The number of hydrogen-bond donors (Lipinski definition) is 0. The molecule has 32 heavy (non-hydrogen) atoms. The maximum absolute atomic E-state index is 15.3. The van der Waals surface area contributed by atoms with Crippen molar-refractivity contribution >= 4 is 0 Å². The molecule has 0 bridgehead atoms. The van der Waals surface area contributed by atoms with Crippen LogP contribution in [-0.4, -0.2) is 0 Å². The fraction of sp³-hybridized carbons (Fsp3) is 0.571. The van der Waals surface area contributed by atoms with E-state index in [0.29, 0.717) is 17.9 Å². The molecule has 0 radical (unpaired) electrons. The lowest BCUT2D eigenvalue weighted by Gasteiger charge is -2.37. The molecule has 0 amide bonds. The van der Waals surface area contributed by atoms with E-state index in [4.69, 9.17) is 0 Å². The van der Waals surface area contributed by atoms with Crippen molar-refractivity contribution in [3.05, 3.63) is 58.7 Å². The van der Waals surface area contributed by atoms with Crippen LogP contribution in [0.2, 0.25) is 0 Å². The molecular formula is C28H34F4. The van der Waals surface area contributed by atoms with Gasteiger partial charge in [0.25, 0.3) is 0 Å². The highest BCUT2D eigenvalue weighted by molar-refractivity contribution is 5.66. The summed E-state index contributed by atoms with van der Waals surface area (Å²) in [6.45, 7) is 2.25. The molecule has 2 aromatic carbocycles. The minimum absolute atomic E-state index is 0.0427. The number of halogens is 4. The molecule has 1 unspecified atom stereocenters. The van der Waals surface area contributed by atoms with Gasteiger partial charge in [0.2, 0.25) is 0 Å². The summed E-state index contributed by atoms with van der Waals surface area (Å²) in [5, 5.41) is 0. The highest BCUT2D eigenvalue weighted by atomic mass is 19.2. The van der Waals surface area contributed by atoms with E-state index >= 15 is 4.39 Å². The van der Waals surface area contributed by atoms with Gasteiger partial charge in [0, 0.05) is 5.56 Å². The minimum atomic E-state index is -1.52. The summed E-state index contributed by atoms with van der Waals surface area (Å²) >= 11 is 0. The van der Waals surface area contributed by atoms with Gasteiger partial charge in [0.1, 0.15) is 5.82 Å². The molecule has 2 aliphatic rings. The van der Waals surface area contributed by atoms with Gasteiger partial charge >= 0.3 is 0 Å². The van der Waals surface area contributed by atoms with Crippen LogP contribution in [0.3, 0.4) is 0 Å². The molecule has 0 saturated heterocycles. The predicted octanol–water partition coefficient (Wildman–Crippen LogP) is 8.79. The fourth-order valence-corrected chi connectivity index (χ4v) is 5.98. The van der Waals surface area contributed by atoms with Gasteiger partial charge in [0.15, 0.2) is 17.5 Å². The third kappa shape index (κ3) is 5.05. The molecule has 0 heterocycles. The Morgan fingerprint density at radius 1 is 0.781 bits per heavy atom. The predicted molar refractivity (Wildman–Crippen MR) is 121 cm³/mol. The van der Waals surface area contributed by atoms with Crippen LogP contribution in [-0.2, 0) is 12.8 Å². The van der Waals surface area contributed by atoms with Gasteiger partial charge in [-0.1, -0.05) is 64.0 Å². The Bertz CT molecular complexity index is 904. The van der Waals surface area contributed by atoms with E-state index < -0.39 is 23.3 Å². The topological polar surface area (TPSA) is 0 Å². The second-order valence-corrected chi connectivity index (χ2v) is 9.95. The Hall–Kier alpha value is -1.84. The number of unbranched alkanes of at least 4 members (excludes halogenated alkanes) is 3. The van der Waals surface area contributed by atoms with Crippen LogP contribution in [0.25, 0.3) is 11.1 Å². The summed E-state index contributed by atoms with van der Waals surface area (Å²) in [5.74, 6) is -2.33. The first-order valence-corrected chi connectivity index (χ1v) is 12.4. The first kappa shape index (κ1) is 23.3. The zero-order valence-corrected chi connectivity index (χ0v) is 19.0. The Kier molecular flexibility index (Phi) is 7.58. The average Bonchev–Trinajstić information content (AvgIpc) is 2.80. The Morgan fingerprint density at radius 3 is 2.19 bits per heavy atom. The summed E-state index contributed by atoms with van der Waals surface area (Å²) in [4.78, 5) is 0. The van der Waals surface area contributed by atoms with E-state index in [1.807, 2.05) is 6.07 Å². The van der Waals surface area contributed by atoms with Crippen LogP contribution in [0.5, 0.6) is 0 Å². The van der Waals surface area contributed by atoms with Crippen molar-refractivity contribution in [2.45, 2.75) is 84.0 Å². The van der Waals surface area contributed by atoms with Crippen LogP contribution in [0.4, 0.5) is 17.6 Å². The molecule has 4 heteroatoms. The van der Waals surface area contributed by atoms with Crippen LogP contribution >= 0.6 is 0 Å². The average molecular weight is 447 g/mol. The van der Waals surface area contributed by atoms with E-state index in [0.717, 1.165) is 42.4 Å². The lowest BCUT2D eigenvalue weighted by molar-refractivity contribution is 0.182. The molecule has 2 aliphatic carbocycles. The molecular weight excluding hydrogens is 412 g/mol. The monoisotopic (exact) mass is 446 g/mol. The first-order valence-electron chi connectivity index (χ1n) is 12.4. The van der Waals surface area contributed by atoms with Gasteiger partial charge in [-0.15, -0.1) is 0 Å². The zero-order valence-electron chi connectivity index (χ0n) is 19.0. The molecule has 4 rings (SSSR count). The minimum Gasteiger partial charge on any atom is -0.206 e.